The predicted octanol–water partition coefficient (Wildman–Crippen LogP) is 3.74. The number of rotatable bonds is 5. The van der Waals surface area contributed by atoms with Crippen LogP contribution in [0.15, 0.2) is 23.4 Å². The lowest BCUT2D eigenvalue weighted by Crippen LogP contribution is -2.24. The Morgan fingerprint density at radius 1 is 1.53 bits per heavy atom. The summed E-state index contributed by atoms with van der Waals surface area (Å²) in [6.45, 7) is 4.76. The van der Waals surface area contributed by atoms with Gasteiger partial charge in [0.1, 0.15) is 5.03 Å². The van der Waals surface area contributed by atoms with E-state index in [-0.39, 0.29) is 0 Å². The minimum Gasteiger partial charge on any atom is -0.296 e. The van der Waals surface area contributed by atoms with E-state index >= 15 is 0 Å². The summed E-state index contributed by atoms with van der Waals surface area (Å²) in [5.41, 5.74) is 1.44. The quantitative estimate of drug-likeness (QED) is 0.741. The van der Waals surface area contributed by atoms with Gasteiger partial charge in [0.15, 0.2) is 0 Å². The van der Waals surface area contributed by atoms with Gasteiger partial charge in [-0.15, -0.1) is 11.8 Å². The fraction of sp³-hybridized carbons (Fsp3) is 0.643. The molecule has 0 aromatic carbocycles. The van der Waals surface area contributed by atoms with Crippen molar-refractivity contribution in [1.29, 1.82) is 0 Å². The molecule has 0 spiro atoms. The summed E-state index contributed by atoms with van der Waals surface area (Å²) in [6.07, 6.45) is 9.24. The highest BCUT2D eigenvalue weighted by Gasteiger charge is 2.27. The normalized spacial score (nSPS) is 20.9. The SMILES string of the molecule is CCCCN1CCC[C@H]1c1cccnc1SC. The van der Waals surface area contributed by atoms with Crippen molar-refractivity contribution in [2.75, 3.05) is 19.3 Å². The summed E-state index contributed by atoms with van der Waals surface area (Å²) in [5, 5.41) is 1.21. The second-order valence-corrected chi connectivity index (χ2v) is 5.44. The average molecular weight is 250 g/mol. The molecule has 17 heavy (non-hydrogen) atoms. The average Bonchev–Trinajstić information content (AvgIpc) is 2.84. The molecule has 0 radical (unpaired) electrons. The molecule has 1 atom stereocenters. The first-order valence-electron chi connectivity index (χ1n) is 6.59. The molecule has 0 amide bonds. The van der Waals surface area contributed by atoms with E-state index in [9.17, 15) is 0 Å². The van der Waals surface area contributed by atoms with Crippen LogP contribution < -0.4 is 0 Å². The van der Waals surface area contributed by atoms with Crippen LogP contribution in [0.3, 0.4) is 0 Å². The maximum Gasteiger partial charge on any atom is 0.100 e. The van der Waals surface area contributed by atoms with Crippen LogP contribution in [0.2, 0.25) is 0 Å². The second kappa shape index (κ2) is 6.41. The first kappa shape index (κ1) is 12.9. The van der Waals surface area contributed by atoms with Gasteiger partial charge >= 0.3 is 0 Å². The lowest BCUT2D eigenvalue weighted by molar-refractivity contribution is 0.250. The molecule has 1 saturated heterocycles. The number of hydrogen-bond acceptors (Lipinski definition) is 3. The smallest absolute Gasteiger partial charge is 0.100 e. The Morgan fingerprint density at radius 2 is 2.41 bits per heavy atom. The van der Waals surface area contributed by atoms with Gasteiger partial charge in [-0.2, -0.15) is 0 Å². The lowest BCUT2D eigenvalue weighted by atomic mass is 10.1. The van der Waals surface area contributed by atoms with Gasteiger partial charge in [-0.05, 0) is 44.7 Å². The molecule has 3 heteroatoms. The number of hydrogen-bond donors (Lipinski definition) is 0. The van der Waals surface area contributed by atoms with Gasteiger partial charge in [0.25, 0.3) is 0 Å². The summed E-state index contributed by atoms with van der Waals surface area (Å²) in [7, 11) is 0. The summed E-state index contributed by atoms with van der Waals surface area (Å²) in [4.78, 5) is 7.13. The highest BCUT2D eigenvalue weighted by Crippen LogP contribution is 2.35. The fourth-order valence-corrected chi connectivity index (χ4v) is 3.24. The van der Waals surface area contributed by atoms with Crippen molar-refractivity contribution in [3.63, 3.8) is 0 Å². The van der Waals surface area contributed by atoms with E-state index in [0.717, 1.165) is 0 Å². The molecule has 0 bridgehead atoms. The van der Waals surface area contributed by atoms with Gasteiger partial charge in [-0.3, -0.25) is 4.90 Å². The Labute approximate surface area is 109 Å². The molecular formula is C14H22N2S. The van der Waals surface area contributed by atoms with Crippen molar-refractivity contribution in [2.45, 2.75) is 43.7 Å². The second-order valence-electron chi connectivity index (χ2n) is 4.65. The minimum atomic E-state index is 0.609. The van der Waals surface area contributed by atoms with Gasteiger partial charge in [-0.25, -0.2) is 4.98 Å². The number of thioether (sulfide) groups is 1. The third kappa shape index (κ3) is 3.02. The van der Waals surface area contributed by atoms with E-state index in [1.54, 1.807) is 11.8 Å². The molecule has 0 saturated carbocycles. The van der Waals surface area contributed by atoms with Crippen LogP contribution in [-0.4, -0.2) is 29.2 Å². The van der Waals surface area contributed by atoms with E-state index in [1.165, 1.54) is 49.4 Å². The standard InChI is InChI=1S/C14H22N2S/c1-3-4-10-16-11-6-8-13(16)12-7-5-9-15-14(12)17-2/h5,7,9,13H,3-4,6,8,10-11H2,1-2H3/t13-/m0/s1. The Morgan fingerprint density at radius 3 is 3.18 bits per heavy atom. The number of aromatic nitrogens is 1. The van der Waals surface area contributed by atoms with Crippen molar-refractivity contribution in [2.24, 2.45) is 0 Å². The Bertz CT molecular complexity index is 354. The number of likely N-dealkylation sites (tertiary alicyclic amines) is 1. The van der Waals surface area contributed by atoms with E-state index in [4.69, 9.17) is 0 Å². The Kier molecular flexibility index (Phi) is 4.86. The summed E-state index contributed by atoms with van der Waals surface area (Å²) >= 11 is 1.77. The number of nitrogens with zero attached hydrogens (tertiary/aromatic N) is 2. The van der Waals surface area contributed by atoms with Crippen molar-refractivity contribution in [3.8, 4) is 0 Å². The van der Waals surface area contributed by atoms with Crippen LogP contribution >= 0.6 is 11.8 Å². The molecule has 0 unspecified atom stereocenters. The van der Waals surface area contributed by atoms with Gasteiger partial charge in [-0.1, -0.05) is 19.4 Å². The zero-order chi connectivity index (χ0) is 12.1. The molecule has 1 fully saturated rings. The van der Waals surface area contributed by atoms with Gasteiger partial charge in [0.05, 0.1) is 0 Å². The maximum absolute atomic E-state index is 4.49. The van der Waals surface area contributed by atoms with Crippen molar-refractivity contribution in [3.05, 3.63) is 23.9 Å². The molecule has 2 heterocycles. The zero-order valence-electron chi connectivity index (χ0n) is 10.9. The van der Waals surface area contributed by atoms with Crippen LogP contribution in [0, 0.1) is 0 Å². The summed E-state index contributed by atoms with van der Waals surface area (Å²) < 4.78 is 0. The fourth-order valence-electron chi connectivity index (χ4n) is 2.63. The Hall–Kier alpha value is -0.540. The molecule has 1 aromatic rings. The molecule has 0 N–H and O–H groups in total. The third-order valence-electron chi connectivity index (χ3n) is 3.52. The van der Waals surface area contributed by atoms with Crippen LogP contribution in [-0.2, 0) is 0 Å². The van der Waals surface area contributed by atoms with Gasteiger partial charge in [0, 0.05) is 17.8 Å². The molecule has 2 rings (SSSR count). The molecule has 1 aromatic heterocycles. The monoisotopic (exact) mass is 250 g/mol. The van der Waals surface area contributed by atoms with Crippen LogP contribution in [0.25, 0.3) is 0 Å². The summed E-state index contributed by atoms with van der Waals surface area (Å²) in [5.74, 6) is 0. The van der Waals surface area contributed by atoms with Crippen LogP contribution in [0.5, 0.6) is 0 Å². The van der Waals surface area contributed by atoms with Crippen LogP contribution in [0.4, 0.5) is 0 Å². The van der Waals surface area contributed by atoms with Gasteiger partial charge < -0.3 is 0 Å². The van der Waals surface area contributed by atoms with E-state index in [0.29, 0.717) is 6.04 Å². The maximum atomic E-state index is 4.49. The van der Waals surface area contributed by atoms with Gasteiger partial charge in [0.2, 0.25) is 0 Å². The molecule has 1 aliphatic heterocycles. The van der Waals surface area contributed by atoms with Crippen molar-refractivity contribution < 1.29 is 0 Å². The third-order valence-corrected chi connectivity index (χ3v) is 4.24. The van der Waals surface area contributed by atoms with Crippen LogP contribution in [0.1, 0.15) is 44.2 Å². The Balaban J connectivity index is 2.14. The molecule has 94 valence electrons. The lowest BCUT2D eigenvalue weighted by Gasteiger charge is -2.25. The highest BCUT2D eigenvalue weighted by molar-refractivity contribution is 7.98. The molecule has 2 nitrogen and oxygen atoms in total. The zero-order valence-corrected chi connectivity index (χ0v) is 11.7. The van der Waals surface area contributed by atoms with E-state index < -0.39 is 0 Å². The molecular weight excluding hydrogens is 228 g/mol. The van der Waals surface area contributed by atoms with Crippen molar-refractivity contribution in [1.82, 2.24) is 9.88 Å². The van der Waals surface area contributed by atoms with Crippen molar-refractivity contribution >= 4 is 11.8 Å². The van der Waals surface area contributed by atoms with E-state index in [2.05, 4.69) is 35.2 Å². The first-order chi connectivity index (χ1) is 8.36. The number of pyridine rings is 1. The predicted molar refractivity (Wildman–Crippen MR) is 74.5 cm³/mol. The minimum absolute atomic E-state index is 0.609. The first-order valence-corrected chi connectivity index (χ1v) is 7.82. The highest BCUT2D eigenvalue weighted by atomic mass is 32.2. The van der Waals surface area contributed by atoms with E-state index in [1.807, 2.05) is 6.20 Å². The molecule has 1 aliphatic rings. The topological polar surface area (TPSA) is 16.1 Å². The summed E-state index contributed by atoms with van der Waals surface area (Å²) in [6, 6.07) is 4.94. The number of unbranched alkanes of at least 4 members (excludes halogenated alkanes) is 1. The largest absolute Gasteiger partial charge is 0.296 e. The molecule has 0 aliphatic carbocycles.